The minimum absolute atomic E-state index is 0. The van der Waals surface area contributed by atoms with Crippen molar-refractivity contribution in [1.82, 2.24) is 15.5 Å². The van der Waals surface area contributed by atoms with Crippen LogP contribution >= 0.6 is 24.0 Å². The molecule has 0 saturated carbocycles. The number of halogens is 1. The summed E-state index contributed by atoms with van der Waals surface area (Å²) in [4.78, 5) is 6.95. The van der Waals surface area contributed by atoms with Gasteiger partial charge in [0, 0.05) is 32.1 Å². The fourth-order valence-corrected chi connectivity index (χ4v) is 3.36. The van der Waals surface area contributed by atoms with Gasteiger partial charge in [-0.05, 0) is 37.4 Å². The quantitative estimate of drug-likeness (QED) is 0.374. The Morgan fingerprint density at radius 2 is 1.96 bits per heavy atom. The van der Waals surface area contributed by atoms with E-state index in [1.165, 1.54) is 38.0 Å². The highest BCUT2D eigenvalue weighted by atomic mass is 127. The van der Waals surface area contributed by atoms with Crippen LogP contribution in [0.25, 0.3) is 0 Å². The molecule has 1 aliphatic heterocycles. The van der Waals surface area contributed by atoms with Crippen LogP contribution in [0.2, 0.25) is 0 Å². The standard InChI is InChI=1S/C20H34N4.HI/c1-5-12-24-13-11-17(15-24)14-22-19(21-4)23-16-20(2,3)18-9-7-6-8-10-18;/h6-10,17H,5,11-16H2,1-4H3,(H2,21,22,23);1H. The van der Waals surface area contributed by atoms with Crippen molar-refractivity contribution in [1.29, 1.82) is 0 Å². The van der Waals surface area contributed by atoms with E-state index in [-0.39, 0.29) is 29.4 Å². The number of benzene rings is 1. The zero-order valence-corrected chi connectivity index (χ0v) is 18.5. The number of aliphatic imine (C=N–C) groups is 1. The Hall–Kier alpha value is -0.820. The molecule has 0 amide bonds. The number of nitrogens with one attached hydrogen (secondary N) is 2. The van der Waals surface area contributed by atoms with Crippen LogP contribution in [0.15, 0.2) is 35.3 Å². The number of guanidine groups is 1. The number of rotatable bonds is 7. The minimum atomic E-state index is 0. The summed E-state index contributed by atoms with van der Waals surface area (Å²) in [5.41, 5.74) is 1.42. The van der Waals surface area contributed by atoms with Crippen molar-refractivity contribution >= 4 is 29.9 Å². The molecule has 142 valence electrons. The molecule has 0 aliphatic carbocycles. The van der Waals surface area contributed by atoms with Crippen molar-refractivity contribution in [3.05, 3.63) is 35.9 Å². The van der Waals surface area contributed by atoms with Crippen molar-refractivity contribution < 1.29 is 0 Å². The van der Waals surface area contributed by atoms with Crippen LogP contribution in [0.1, 0.15) is 39.2 Å². The highest BCUT2D eigenvalue weighted by molar-refractivity contribution is 14.0. The summed E-state index contributed by atoms with van der Waals surface area (Å²) in [6, 6.07) is 10.7. The van der Waals surface area contributed by atoms with Crippen molar-refractivity contribution in [3.63, 3.8) is 0 Å². The summed E-state index contributed by atoms with van der Waals surface area (Å²) in [5.74, 6) is 1.64. The monoisotopic (exact) mass is 458 g/mol. The molecule has 1 heterocycles. The highest BCUT2D eigenvalue weighted by Gasteiger charge is 2.23. The Labute approximate surface area is 170 Å². The predicted molar refractivity (Wildman–Crippen MR) is 119 cm³/mol. The molecule has 0 spiro atoms. The maximum atomic E-state index is 4.38. The van der Waals surface area contributed by atoms with Crippen LogP contribution in [-0.2, 0) is 5.41 Å². The van der Waals surface area contributed by atoms with Crippen molar-refractivity contribution in [2.45, 2.75) is 39.0 Å². The SMILES string of the molecule is CCCN1CCC(CNC(=NC)NCC(C)(C)c2ccccc2)C1.I. The molecule has 1 aliphatic rings. The van der Waals surface area contributed by atoms with Crippen LogP contribution in [0.3, 0.4) is 0 Å². The van der Waals surface area contributed by atoms with E-state index in [1.807, 2.05) is 7.05 Å². The molecule has 4 nitrogen and oxygen atoms in total. The predicted octanol–water partition coefficient (Wildman–Crippen LogP) is 3.48. The van der Waals surface area contributed by atoms with Crippen LogP contribution in [0.5, 0.6) is 0 Å². The van der Waals surface area contributed by atoms with Gasteiger partial charge in [-0.2, -0.15) is 0 Å². The van der Waals surface area contributed by atoms with Crippen molar-refractivity contribution in [2.24, 2.45) is 10.9 Å². The van der Waals surface area contributed by atoms with Gasteiger partial charge in [0.2, 0.25) is 0 Å². The molecular formula is C20H35IN4. The first-order valence-corrected chi connectivity index (χ1v) is 9.27. The van der Waals surface area contributed by atoms with Crippen LogP contribution in [0, 0.1) is 5.92 Å². The number of hydrogen-bond acceptors (Lipinski definition) is 2. The van der Waals surface area contributed by atoms with Crippen LogP contribution in [-0.4, -0.2) is 50.6 Å². The third-order valence-electron chi connectivity index (χ3n) is 4.94. The molecule has 1 fully saturated rings. The molecule has 0 aromatic heterocycles. The zero-order chi connectivity index (χ0) is 17.4. The number of likely N-dealkylation sites (tertiary alicyclic amines) is 1. The lowest BCUT2D eigenvalue weighted by molar-refractivity contribution is 0.324. The average Bonchev–Trinajstić information content (AvgIpc) is 3.04. The lowest BCUT2D eigenvalue weighted by Crippen LogP contribution is -2.45. The molecule has 5 heteroatoms. The molecule has 1 aromatic rings. The van der Waals surface area contributed by atoms with Gasteiger partial charge in [-0.1, -0.05) is 51.1 Å². The zero-order valence-electron chi connectivity index (χ0n) is 16.2. The fraction of sp³-hybridized carbons (Fsp3) is 0.650. The van der Waals surface area contributed by atoms with Crippen molar-refractivity contribution in [3.8, 4) is 0 Å². The maximum absolute atomic E-state index is 4.38. The van der Waals surface area contributed by atoms with E-state index in [4.69, 9.17) is 0 Å². The lowest BCUT2D eigenvalue weighted by atomic mass is 9.85. The molecule has 1 aromatic carbocycles. The largest absolute Gasteiger partial charge is 0.356 e. The number of hydrogen-bond donors (Lipinski definition) is 2. The second-order valence-electron chi connectivity index (χ2n) is 7.51. The maximum Gasteiger partial charge on any atom is 0.191 e. The Morgan fingerprint density at radius 1 is 1.24 bits per heavy atom. The summed E-state index contributed by atoms with van der Waals surface area (Å²) >= 11 is 0. The van der Waals surface area contributed by atoms with Crippen LogP contribution in [0.4, 0.5) is 0 Å². The molecule has 1 saturated heterocycles. The number of nitrogens with zero attached hydrogens (tertiary/aromatic N) is 2. The van der Waals surface area contributed by atoms with Gasteiger partial charge in [0.25, 0.3) is 0 Å². The Kier molecular flexibility index (Phi) is 9.79. The Bertz CT molecular complexity index is 516. The van der Waals surface area contributed by atoms with E-state index in [1.54, 1.807) is 0 Å². The molecule has 2 rings (SSSR count). The van der Waals surface area contributed by atoms with Crippen molar-refractivity contribution in [2.75, 3.05) is 39.8 Å². The average molecular weight is 458 g/mol. The summed E-state index contributed by atoms with van der Waals surface area (Å²) < 4.78 is 0. The van der Waals surface area contributed by atoms with Gasteiger partial charge in [0.05, 0.1) is 0 Å². The topological polar surface area (TPSA) is 39.7 Å². The first-order chi connectivity index (χ1) is 11.5. The fourth-order valence-electron chi connectivity index (χ4n) is 3.36. The molecule has 25 heavy (non-hydrogen) atoms. The Balaban J connectivity index is 0.00000312. The summed E-state index contributed by atoms with van der Waals surface area (Å²) in [6.07, 6.45) is 2.54. The Morgan fingerprint density at radius 3 is 2.60 bits per heavy atom. The van der Waals surface area contributed by atoms with Crippen LogP contribution < -0.4 is 10.6 Å². The summed E-state index contributed by atoms with van der Waals surface area (Å²) in [7, 11) is 1.85. The van der Waals surface area contributed by atoms with Gasteiger partial charge in [-0.15, -0.1) is 24.0 Å². The summed E-state index contributed by atoms with van der Waals surface area (Å²) in [6.45, 7) is 12.3. The van der Waals surface area contributed by atoms with Gasteiger partial charge in [-0.25, -0.2) is 0 Å². The molecule has 1 atom stereocenters. The first-order valence-electron chi connectivity index (χ1n) is 9.27. The third kappa shape index (κ3) is 7.13. The van der Waals surface area contributed by atoms with E-state index in [9.17, 15) is 0 Å². The second-order valence-corrected chi connectivity index (χ2v) is 7.51. The first kappa shape index (κ1) is 22.2. The third-order valence-corrected chi connectivity index (χ3v) is 4.94. The van der Waals surface area contributed by atoms with E-state index < -0.39 is 0 Å². The molecule has 0 radical (unpaired) electrons. The molecule has 0 bridgehead atoms. The van der Waals surface area contributed by atoms with E-state index in [2.05, 4.69) is 71.6 Å². The van der Waals surface area contributed by atoms with Gasteiger partial charge in [-0.3, -0.25) is 4.99 Å². The van der Waals surface area contributed by atoms with E-state index in [0.29, 0.717) is 0 Å². The van der Waals surface area contributed by atoms with E-state index >= 15 is 0 Å². The molecule has 1 unspecified atom stereocenters. The van der Waals surface area contributed by atoms with Gasteiger partial charge in [0.1, 0.15) is 0 Å². The minimum Gasteiger partial charge on any atom is -0.356 e. The second kappa shape index (κ2) is 11.0. The smallest absolute Gasteiger partial charge is 0.191 e. The lowest BCUT2D eigenvalue weighted by Gasteiger charge is -2.27. The highest BCUT2D eigenvalue weighted by Crippen LogP contribution is 2.21. The molecule has 2 N–H and O–H groups in total. The summed E-state index contributed by atoms with van der Waals surface area (Å²) in [5, 5.41) is 7.00. The normalized spacial score (nSPS) is 18.7. The van der Waals surface area contributed by atoms with E-state index in [0.717, 1.165) is 25.0 Å². The van der Waals surface area contributed by atoms with Gasteiger partial charge >= 0.3 is 0 Å². The van der Waals surface area contributed by atoms with Gasteiger partial charge < -0.3 is 15.5 Å². The van der Waals surface area contributed by atoms with Gasteiger partial charge in [0.15, 0.2) is 5.96 Å². The molecular weight excluding hydrogens is 423 g/mol.